The van der Waals surface area contributed by atoms with Crippen LogP contribution in [0.25, 0.3) is 10.2 Å². The molecule has 2 aromatic rings. The first kappa shape index (κ1) is 12.2. The highest BCUT2D eigenvalue weighted by molar-refractivity contribution is 7.22. The van der Waals surface area contributed by atoms with Gasteiger partial charge in [-0.15, -0.1) is 0 Å². The lowest BCUT2D eigenvalue weighted by atomic mass is 10.3. The number of carbonyl (C=O) groups excluding carboxylic acids is 1. The van der Waals surface area contributed by atoms with Gasteiger partial charge in [-0.2, -0.15) is 0 Å². The molecule has 0 saturated carbocycles. The van der Waals surface area contributed by atoms with Crippen LogP contribution in [0.2, 0.25) is 0 Å². The highest BCUT2D eigenvalue weighted by atomic mass is 32.1. The fourth-order valence-electron chi connectivity index (χ4n) is 1.29. The predicted octanol–water partition coefficient (Wildman–Crippen LogP) is 2.06. The topological polar surface area (TPSA) is 97.2 Å². The Labute approximate surface area is 106 Å². The van der Waals surface area contributed by atoms with Crippen molar-refractivity contribution in [2.45, 2.75) is 13.3 Å². The summed E-state index contributed by atoms with van der Waals surface area (Å²) in [5.74, 6) is -0.153. The van der Waals surface area contributed by atoms with E-state index in [1.807, 2.05) is 0 Å². The van der Waals surface area contributed by atoms with E-state index in [1.165, 1.54) is 23.5 Å². The van der Waals surface area contributed by atoms with E-state index in [2.05, 4.69) is 15.8 Å². The summed E-state index contributed by atoms with van der Waals surface area (Å²) in [4.78, 5) is 25.4. The minimum absolute atomic E-state index is 0.0234. The number of anilines is 1. The van der Waals surface area contributed by atoms with Crippen LogP contribution >= 0.6 is 11.3 Å². The maximum absolute atomic E-state index is 11.1. The third kappa shape index (κ3) is 2.54. The number of nitro groups is 1. The Morgan fingerprint density at radius 2 is 2.33 bits per heavy atom. The summed E-state index contributed by atoms with van der Waals surface area (Å²) < 4.78 is 0.692. The molecule has 1 aromatic heterocycles. The lowest BCUT2D eigenvalue weighted by Crippen LogP contribution is -2.28. The second-order valence-corrected chi connectivity index (χ2v) is 4.49. The van der Waals surface area contributed by atoms with E-state index in [-0.39, 0.29) is 11.6 Å². The van der Waals surface area contributed by atoms with Crippen LogP contribution in [0.4, 0.5) is 10.8 Å². The Morgan fingerprint density at radius 3 is 3.00 bits per heavy atom. The van der Waals surface area contributed by atoms with Crippen molar-refractivity contribution >= 4 is 38.3 Å². The Kier molecular flexibility index (Phi) is 3.38. The van der Waals surface area contributed by atoms with Gasteiger partial charge in [0, 0.05) is 18.6 Å². The number of nitrogens with zero attached hydrogens (tertiary/aromatic N) is 2. The maximum Gasteiger partial charge on any atom is 0.270 e. The molecule has 2 N–H and O–H groups in total. The van der Waals surface area contributed by atoms with Gasteiger partial charge in [-0.25, -0.2) is 4.98 Å². The third-order valence-electron chi connectivity index (χ3n) is 2.21. The number of nitro benzene ring substituents is 1. The van der Waals surface area contributed by atoms with Gasteiger partial charge in [0.2, 0.25) is 11.0 Å². The van der Waals surface area contributed by atoms with Crippen LogP contribution in [0.15, 0.2) is 18.2 Å². The maximum atomic E-state index is 11.1. The fourth-order valence-corrected chi connectivity index (χ4v) is 2.14. The lowest BCUT2D eigenvalue weighted by molar-refractivity contribution is -0.384. The summed E-state index contributed by atoms with van der Waals surface area (Å²) in [6.07, 6.45) is 0.364. The molecule has 1 heterocycles. The monoisotopic (exact) mass is 266 g/mol. The van der Waals surface area contributed by atoms with Gasteiger partial charge >= 0.3 is 0 Å². The van der Waals surface area contributed by atoms with E-state index in [9.17, 15) is 14.9 Å². The number of non-ortho nitro benzene ring substituents is 1. The highest BCUT2D eigenvalue weighted by Crippen LogP contribution is 2.28. The highest BCUT2D eigenvalue weighted by Gasteiger charge is 2.10. The number of amides is 1. The SMILES string of the molecule is CCC(=O)NNc1nc2ccc([N+](=O)[O-])cc2s1. The smallest absolute Gasteiger partial charge is 0.270 e. The van der Waals surface area contributed by atoms with Crippen molar-refractivity contribution in [1.82, 2.24) is 10.4 Å². The normalized spacial score (nSPS) is 10.3. The van der Waals surface area contributed by atoms with E-state index < -0.39 is 4.92 Å². The van der Waals surface area contributed by atoms with Crippen LogP contribution < -0.4 is 10.9 Å². The van der Waals surface area contributed by atoms with Gasteiger partial charge in [0.05, 0.1) is 15.1 Å². The second kappa shape index (κ2) is 4.96. The molecule has 0 atom stereocenters. The van der Waals surface area contributed by atoms with E-state index in [4.69, 9.17) is 0 Å². The molecule has 1 amide bonds. The van der Waals surface area contributed by atoms with Crippen LogP contribution in [-0.2, 0) is 4.79 Å². The molecule has 0 radical (unpaired) electrons. The zero-order valence-electron chi connectivity index (χ0n) is 9.47. The Balaban J connectivity index is 2.22. The Hall–Kier alpha value is -2.22. The first-order valence-electron chi connectivity index (χ1n) is 5.20. The van der Waals surface area contributed by atoms with Crippen molar-refractivity contribution in [3.8, 4) is 0 Å². The molecule has 0 aliphatic heterocycles. The van der Waals surface area contributed by atoms with E-state index in [1.54, 1.807) is 13.0 Å². The summed E-state index contributed by atoms with van der Waals surface area (Å²) in [5.41, 5.74) is 5.82. The number of hydrogen-bond donors (Lipinski definition) is 2. The molecular weight excluding hydrogens is 256 g/mol. The minimum Gasteiger partial charge on any atom is -0.273 e. The lowest BCUT2D eigenvalue weighted by Gasteiger charge is -2.01. The van der Waals surface area contributed by atoms with Gasteiger partial charge in [0.15, 0.2) is 0 Å². The van der Waals surface area contributed by atoms with E-state index in [0.29, 0.717) is 21.8 Å². The summed E-state index contributed by atoms with van der Waals surface area (Å²) >= 11 is 1.24. The molecule has 0 aliphatic carbocycles. The average Bonchev–Trinajstić information content (AvgIpc) is 2.77. The number of hydrogen-bond acceptors (Lipinski definition) is 6. The van der Waals surface area contributed by atoms with Crippen molar-refractivity contribution in [1.29, 1.82) is 0 Å². The molecule has 0 spiro atoms. The van der Waals surface area contributed by atoms with Gasteiger partial charge in [-0.05, 0) is 6.07 Å². The molecular formula is C10H10N4O3S. The van der Waals surface area contributed by atoms with Crippen molar-refractivity contribution in [3.05, 3.63) is 28.3 Å². The van der Waals surface area contributed by atoms with Gasteiger partial charge < -0.3 is 0 Å². The summed E-state index contributed by atoms with van der Waals surface area (Å²) in [6, 6.07) is 4.44. The molecule has 18 heavy (non-hydrogen) atoms. The van der Waals surface area contributed by atoms with Crippen molar-refractivity contribution in [2.24, 2.45) is 0 Å². The summed E-state index contributed by atoms with van der Waals surface area (Å²) in [6.45, 7) is 1.73. The van der Waals surface area contributed by atoms with Crippen LogP contribution in [0.5, 0.6) is 0 Å². The van der Waals surface area contributed by atoms with Gasteiger partial charge in [0.1, 0.15) is 0 Å². The minimum atomic E-state index is -0.453. The Bertz CT molecular complexity index is 610. The van der Waals surface area contributed by atoms with Crippen molar-refractivity contribution in [3.63, 3.8) is 0 Å². The van der Waals surface area contributed by atoms with Crippen LogP contribution in [0.1, 0.15) is 13.3 Å². The third-order valence-corrected chi connectivity index (χ3v) is 3.15. The van der Waals surface area contributed by atoms with Crippen LogP contribution in [0.3, 0.4) is 0 Å². The number of hydrazine groups is 1. The molecule has 1 aromatic carbocycles. The molecule has 94 valence electrons. The first-order chi connectivity index (χ1) is 8.60. The van der Waals surface area contributed by atoms with Crippen LogP contribution in [-0.4, -0.2) is 15.8 Å². The van der Waals surface area contributed by atoms with Gasteiger partial charge in [-0.3, -0.25) is 25.8 Å². The zero-order chi connectivity index (χ0) is 13.1. The standard InChI is InChI=1S/C10H10N4O3S/c1-2-9(15)12-13-10-11-7-4-3-6(14(16)17)5-8(7)18-10/h3-5H,2H2,1H3,(H,11,13)(H,12,15). The number of fused-ring (bicyclic) bond motifs is 1. The fraction of sp³-hybridized carbons (Fsp3) is 0.200. The molecule has 0 unspecified atom stereocenters. The molecule has 0 bridgehead atoms. The van der Waals surface area contributed by atoms with Crippen LogP contribution in [0, 0.1) is 10.1 Å². The van der Waals surface area contributed by atoms with Crippen molar-refractivity contribution < 1.29 is 9.72 Å². The van der Waals surface area contributed by atoms with Crippen molar-refractivity contribution in [2.75, 3.05) is 5.43 Å². The number of rotatable bonds is 4. The number of nitrogens with one attached hydrogen (secondary N) is 2. The van der Waals surface area contributed by atoms with Gasteiger partial charge in [-0.1, -0.05) is 18.3 Å². The number of thiazole rings is 1. The molecule has 0 saturated heterocycles. The molecule has 0 aliphatic rings. The first-order valence-corrected chi connectivity index (χ1v) is 6.01. The molecule has 8 heteroatoms. The summed E-state index contributed by atoms with van der Waals surface area (Å²) in [5, 5.41) is 11.1. The van der Waals surface area contributed by atoms with Gasteiger partial charge in [0.25, 0.3) is 5.69 Å². The Morgan fingerprint density at radius 1 is 1.56 bits per heavy atom. The predicted molar refractivity (Wildman–Crippen MR) is 68.3 cm³/mol. The largest absolute Gasteiger partial charge is 0.273 e. The number of carbonyl (C=O) groups is 1. The van der Waals surface area contributed by atoms with E-state index >= 15 is 0 Å². The van der Waals surface area contributed by atoms with E-state index in [0.717, 1.165) is 0 Å². The second-order valence-electron chi connectivity index (χ2n) is 3.45. The average molecular weight is 266 g/mol. The zero-order valence-corrected chi connectivity index (χ0v) is 10.3. The number of aromatic nitrogens is 1. The molecule has 2 rings (SSSR count). The summed E-state index contributed by atoms with van der Waals surface area (Å²) in [7, 11) is 0. The molecule has 7 nitrogen and oxygen atoms in total. The quantitative estimate of drug-likeness (QED) is 0.652. The number of benzene rings is 1. The molecule has 0 fully saturated rings.